The summed E-state index contributed by atoms with van der Waals surface area (Å²) in [5, 5.41) is 11.4. The highest BCUT2D eigenvalue weighted by atomic mass is 16.5. The van der Waals surface area contributed by atoms with Crippen molar-refractivity contribution in [2.75, 3.05) is 53.6 Å². The Kier molecular flexibility index (Phi) is 7.90. The molecule has 2 saturated heterocycles. The van der Waals surface area contributed by atoms with Crippen LogP contribution in [0, 0.1) is 0 Å². The van der Waals surface area contributed by atoms with Gasteiger partial charge in [0, 0.05) is 31.7 Å². The molecule has 2 aliphatic rings. The first-order valence-electron chi connectivity index (χ1n) is 12.6. The Labute approximate surface area is 218 Å². The van der Waals surface area contributed by atoms with Crippen molar-refractivity contribution >= 4 is 17.4 Å². The van der Waals surface area contributed by atoms with Crippen LogP contribution in [-0.2, 0) is 19.7 Å². The summed E-state index contributed by atoms with van der Waals surface area (Å²) in [4.78, 5) is 30.5. The topological polar surface area (TPSA) is 88.5 Å². The molecule has 0 aliphatic carbocycles. The van der Waals surface area contributed by atoms with Crippen molar-refractivity contribution in [1.82, 2.24) is 9.80 Å². The van der Waals surface area contributed by atoms with Gasteiger partial charge < -0.3 is 24.2 Å². The number of aliphatic hydroxyl groups is 1. The molecule has 0 saturated carbocycles. The van der Waals surface area contributed by atoms with E-state index < -0.39 is 17.7 Å². The molecule has 8 heteroatoms. The lowest BCUT2D eigenvalue weighted by molar-refractivity contribution is -0.140. The highest BCUT2D eigenvalue weighted by molar-refractivity contribution is 6.46. The zero-order chi connectivity index (χ0) is 26.7. The van der Waals surface area contributed by atoms with Gasteiger partial charge in [-0.2, -0.15) is 0 Å². The van der Waals surface area contributed by atoms with Crippen molar-refractivity contribution in [3.05, 3.63) is 64.7 Å². The quantitative estimate of drug-likeness (QED) is 0.346. The third-order valence-electron chi connectivity index (χ3n) is 7.05. The Morgan fingerprint density at radius 3 is 2.22 bits per heavy atom. The highest BCUT2D eigenvalue weighted by Crippen LogP contribution is 2.41. The summed E-state index contributed by atoms with van der Waals surface area (Å²) in [5.41, 5.74) is 2.32. The highest BCUT2D eigenvalue weighted by Gasteiger charge is 2.46. The first kappa shape index (κ1) is 26.7. The van der Waals surface area contributed by atoms with Crippen LogP contribution in [0.5, 0.6) is 11.5 Å². The zero-order valence-electron chi connectivity index (χ0n) is 22.2. The summed E-state index contributed by atoms with van der Waals surface area (Å²) < 4.78 is 16.1. The maximum absolute atomic E-state index is 13.4. The molecule has 1 N–H and O–H groups in total. The maximum atomic E-state index is 13.4. The number of aliphatic hydroxyl groups excluding tert-OH is 1. The number of carbonyl (C=O) groups excluding carboxylic acids is 2. The number of nitrogens with zero attached hydrogens (tertiary/aromatic N) is 2. The van der Waals surface area contributed by atoms with E-state index in [2.05, 4.69) is 25.7 Å². The first-order chi connectivity index (χ1) is 17.7. The molecule has 2 heterocycles. The van der Waals surface area contributed by atoms with Crippen LogP contribution in [0.3, 0.4) is 0 Å². The minimum absolute atomic E-state index is 0.0453. The molecule has 0 spiro atoms. The summed E-state index contributed by atoms with van der Waals surface area (Å²) >= 11 is 0. The Morgan fingerprint density at radius 2 is 1.62 bits per heavy atom. The average Bonchev–Trinajstić information content (AvgIpc) is 3.16. The SMILES string of the molecule is COc1ccc(/C(O)=C2\C(=O)C(=O)N(CCN3CCOCC3)[C@H]2c2ccc(C(C)(C)C)cc2)cc1OC. The van der Waals surface area contributed by atoms with Crippen LogP contribution in [-0.4, -0.2) is 80.2 Å². The standard InChI is InChI=1S/C29H36N2O6/c1-29(2,3)21-9-6-19(7-10-21)25-24(26(32)20-8-11-22(35-4)23(18-20)36-5)27(33)28(34)31(25)13-12-30-14-16-37-17-15-30/h6-11,18,25,32H,12-17H2,1-5H3/b26-24+/t25-/m0/s1. The number of benzene rings is 2. The number of amides is 1. The molecule has 0 unspecified atom stereocenters. The van der Waals surface area contributed by atoms with Crippen molar-refractivity contribution in [2.45, 2.75) is 32.2 Å². The molecule has 2 fully saturated rings. The third kappa shape index (κ3) is 5.50. The molecule has 8 nitrogen and oxygen atoms in total. The summed E-state index contributed by atoms with van der Waals surface area (Å²) in [5.74, 6) is -0.629. The second-order valence-corrected chi connectivity index (χ2v) is 10.4. The van der Waals surface area contributed by atoms with E-state index in [9.17, 15) is 14.7 Å². The molecule has 2 aromatic rings. The smallest absolute Gasteiger partial charge is 0.295 e. The van der Waals surface area contributed by atoms with Gasteiger partial charge in [-0.3, -0.25) is 14.5 Å². The van der Waals surface area contributed by atoms with Gasteiger partial charge in [-0.25, -0.2) is 0 Å². The van der Waals surface area contributed by atoms with Gasteiger partial charge in [0.1, 0.15) is 5.76 Å². The van der Waals surface area contributed by atoms with Crippen molar-refractivity contribution in [1.29, 1.82) is 0 Å². The fraction of sp³-hybridized carbons (Fsp3) is 0.448. The summed E-state index contributed by atoms with van der Waals surface area (Å²) in [6.07, 6.45) is 0. The van der Waals surface area contributed by atoms with Gasteiger partial charge in [-0.05, 0) is 34.7 Å². The monoisotopic (exact) mass is 508 g/mol. The molecule has 2 aromatic carbocycles. The summed E-state index contributed by atoms with van der Waals surface area (Å²) in [6.45, 7) is 10.2. The van der Waals surface area contributed by atoms with Crippen molar-refractivity contribution in [3.63, 3.8) is 0 Å². The lowest BCUT2D eigenvalue weighted by Gasteiger charge is -2.31. The van der Waals surface area contributed by atoms with E-state index in [0.29, 0.717) is 43.4 Å². The fourth-order valence-electron chi connectivity index (χ4n) is 4.84. The number of hydrogen-bond acceptors (Lipinski definition) is 7. The van der Waals surface area contributed by atoms with E-state index in [0.717, 1.165) is 24.2 Å². The number of hydrogen-bond donors (Lipinski definition) is 1. The average molecular weight is 509 g/mol. The van der Waals surface area contributed by atoms with Crippen LogP contribution < -0.4 is 9.47 Å². The first-order valence-corrected chi connectivity index (χ1v) is 12.6. The van der Waals surface area contributed by atoms with E-state index in [4.69, 9.17) is 14.2 Å². The van der Waals surface area contributed by atoms with Gasteiger partial charge in [0.15, 0.2) is 11.5 Å². The Hall–Kier alpha value is -3.36. The molecule has 0 bridgehead atoms. The molecule has 4 rings (SSSR count). The molecule has 1 atom stereocenters. The Bertz CT molecular complexity index is 1180. The molecule has 198 valence electrons. The van der Waals surface area contributed by atoms with E-state index >= 15 is 0 Å². The number of ketones is 1. The van der Waals surface area contributed by atoms with Gasteiger partial charge >= 0.3 is 0 Å². The van der Waals surface area contributed by atoms with Gasteiger partial charge in [0.2, 0.25) is 0 Å². The fourth-order valence-corrected chi connectivity index (χ4v) is 4.84. The lowest BCUT2D eigenvalue weighted by atomic mass is 9.85. The van der Waals surface area contributed by atoms with Crippen LogP contribution in [0.15, 0.2) is 48.0 Å². The maximum Gasteiger partial charge on any atom is 0.295 e. The van der Waals surface area contributed by atoms with Gasteiger partial charge in [0.25, 0.3) is 11.7 Å². The van der Waals surface area contributed by atoms with Crippen molar-refractivity contribution in [2.24, 2.45) is 0 Å². The normalized spacial score (nSPS) is 20.4. The van der Waals surface area contributed by atoms with Crippen LogP contribution in [0.4, 0.5) is 0 Å². The molecule has 1 amide bonds. The second kappa shape index (κ2) is 10.9. The van der Waals surface area contributed by atoms with Gasteiger partial charge in [-0.1, -0.05) is 45.0 Å². The minimum atomic E-state index is -0.705. The van der Waals surface area contributed by atoms with Crippen LogP contribution in [0.25, 0.3) is 5.76 Å². The number of rotatable bonds is 7. The number of morpholine rings is 1. The Morgan fingerprint density at radius 1 is 0.973 bits per heavy atom. The summed E-state index contributed by atoms with van der Waals surface area (Å²) in [7, 11) is 3.03. The molecule has 0 aromatic heterocycles. The van der Waals surface area contributed by atoms with Crippen LogP contribution in [0.1, 0.15) is 43.5 Å². The van der Waals surface area contributed by atoms with Crippen LogP contribution in [0.2, 0.25) is 0 Å². The molecular formula is C29H36N2O6. The number of methoxy groups -OCH3 is 2. The number of ether oxygens (including phenoxy) is 3. The van der Waals surface area contributed by atoms with E-state index in [1.807, 2.05) is 24.3 Å². The molecule has 0 radical (unpaired) electrons. The number of carbonyl (C=O) groups is 2. The number of Topliss-reactive ketones (excluding diaryl/α,β-unsaturated/α-hetero) is 1. The van der Waals surface area contributed by atoms with Crippen LogP contribution >= 0.6 is 0 Å². The van der Waals surface area contributed by atoms with Gasteiger partial charge in [-0.15, -0.1) is 0 Å². The Balaban J connectivity index is 1.77. The molecular weight excluding hydrogens is 472 g/mol. The minimum Gasteiger partial charge on any atom is -0.507 e. The van der Waals surface area contributed by atoms with Gasteiger partial charge in [0.05, 0.1) is 39.0 Å². The van der Waals surface area contributed by atoms with E-state index in [1.165, 1.54) is 14.2 Å². The summed E-state index contributed by atoms with van der Waals surface area (Å²) in [6, 6.07) is 12.1. The van der Waals surface area contributed by atoms with E-state index in [1.54, 1.807) is 23.1 Å². The predicted molar refractivity (Wildman–Crippen MR) is 141 cm³/mol. The second-order valence-electron chi connectivity index (χ2n) is 10.4. The largest absolute Gasteiger partial charge is 0.507 e. The van der Waals surface area contributed by atoms with E-state index in [-0.39, 0.29) is 16.7 Å². The predicted octanol–water partition coefficient (Wildman–Crippen LogP) is 3.76. The number of likely N-dealkylation sites (tertiary alicyclic amines) is 1. The molecule has 37 heavy (non-hydrogen) atoms. The third-order valence-corrected chi connectivity index (χ3v) is 7.05. The van der Waals surface area contributed by atoms with Crippen molar-refractivity contribution in [3.8, 4) is 11.5 Å². The zero-order valence-corrected chi connectivity index (χ0v) is 22.2. The molecule has 2 aliphatic heterocycles. The lowest BCUT2D eigenvalue weighted by Crippen LogP contribution is -2.42. The van der Waals surface area contributed by atoms with Crippen molar-refractivity contribution < 1.29 is 28.9 Å².